The van der Waals surface area contributed by atoms with E-state index in [-0.39, 0.29) is 18.4 Å². The summed E-state index contributed by atoms with van der Waals surface area (Å²) >= 11 is 0. The minimum atomic E-state index is -0.714. The van der Waals surface area contributed by atoms with Gasteiger partial charge in [0.1, 0.15) is 0 Å². The number of benzene rings is 1. The Kier molecular flexibility index (Phi) is 4.51. The maximum Gasteiger partial charge on any atom is 0.303 e. The number of aromatic nitrogens is 2. The Hall–Kier alpha value is -2.10. The summed E-state index contributed by atoms with van der Waals surface area (Å²) in [5.41, 5.74) is 4.77. The topological polar surface area (TPSA) is 55.1 Å². The highest BCUT2D eigenvalue weighted by atomic mass is 16.4. The summed E-state index contributed by atoms with van der Waals surface area (Å²) in [7, 11) is 0. The average Bonchev–Trinajstić information content (AvgIpc) is 2.94. The number of carbonyl (C=O) groups is 1. The highest BCUT2D eigenvalue weighted by Crippen LogP contribution is 2.38. The first-order valence-corrected chi connectivity index (χ1v) is 8.48. The van der Waals surface area contributed by atoms with E-state index in [0.29, 0.717) is 0 Å². The molecule has 0 fully saturated rings. The molecule has 1 aromatic carbocycles. The Bertz CT molecular complexity index is 691. The highest BCUT2D eigenvalue weighted by molar-refractivity contribution is 5.68. The predicted molar refractivity (Wildman–Crippen MR) is 89.8 cm³/mol. The standard InChI is InChI=1S/C19H24N2O2/c1-3-16-19-15(12-18(22)23)10-7-11-17(19)21(20-16)13(2)14-8-5-4-6-9-14/h4-6,8-9,13,15H,3,7,10-12H2,1-2H3,(H,22,23). The Labute approximate surface area is 137 Å². The smallest absolute Gasteiger partial charge is 0.303 e. The maximum atomic E-state index is 11.2. The quantitative estimate of drug-likeness (QED) is 0.909. The van der Waals surface area contributed by atoms with Crippen molar-refractivity contribution in [3.05, 3.63) is 52.8 Å². The summed E-state index contributed by atoms with van der Waals surface area (Å²) in [5.74, 6) is -0.600. The van der Waals surface area contributed by atoms with Gasteiger partial charge in [-0.1, -0.05) is 37.3 Å². The van der Waals surface area contributed by atoms with Gasteiger partial charge in [-0.2, -0.15) is 5.10 Å². The van der Waals surface area contributed by atoms with Gasteiger partial charge in [0.25, 0.3) is 0 Å². The Morgan fingerprint density at radius 3 is 2.78 bits per heavy atom. The molecule has 0 aliphatic heterocycles. The van der Waals surface area contributed by atoms with Crippen LogP contribution in [-0.2, 0) is 17.6 Å². The molecule has 1 aliphatic rings. The molecule has 0 amide bonds. The minimum Gasteiger partial charge on any atom is -0.481 e. The summed E-state index contributed by atoms with van der Waals surface area (Å²) in [6, 6.07) is 10.6. The van der Waals surface area contributed by atoms with E-state index >= 15 is 0 Å². The van der Waals surface area contributed by atoms with Crippen LogP contribution in [-0.4, -0.2) is 20.9 Å². The fourth-order valence-corrected chi connectivity index (χ4v) is 3.78. The molecule has 4 heteroatoms. The predicted octanol–water partition coefficient (Wildman–Crippen LogP) is 3.95. The van der Waals surface area contributed by atoms with Crippen LogP contribution in [0, 0.1) is 0 Å². The summed E-state index contributed by atoms with van der Waals surface area (Å²) in [5, 5.41) is 14.1. The number of fused-ring (bicyclic) bond motifs is 1. The van der Waals surface area contributed by atoms with Gasteiger partial charge in [0.15, 0.2) is 0 Å². The molecule has 0 saturated carbocycles. The molecular formula is C19H24N2O2. The summed E-state index contributed by atoms with van der Waals surface area (Å²) in [6.07, 6.45) is 4.06. The number of rotatable bonds is 5. The third-order valence-electron chi connectivity index (χ3n) is 4.91. The fourth-order valence-electron chi connectivity index (χ4n) is 3.78. The second-order valence-electron chi connectivity index (χ2n) is 6.38. The SMILES string of the molecule is CCc1nn(C(C)c2ccccc2)c2c1C(CC(=O)O)CCC2. The van der Waals surface area contributed by atoms with Crippen molar-refractivity contribution in [3.63, 3.8) is 0 Å². The van der Waals surface area contributed by atoms with Crippen LogP contribution in [0.5, 0.6) is 0 Å². The third-order valence-corrected chi connectivity index (χ3v) is 4.91. The largest absolute Gasteiger partial charge is 0.481 e. The Balaban J connectivity index is 2.03. The van der Waals surface area contributed by atoms with Gasteiger partial charge >= 0.3 is 5.97 Å². The van der Waals surface area contributed by atoms with Crippen molar-refractivity contribution in [1.82, 2.24) is 9.78 Å². The molecule has 2 atom stereocenters. The highest BCUT2D eigenvalue weighted by Gasteiger charge is 2.30. The second kappa shape index (κ2) is 6.57. The lowest BCUT2D eigenvalue weighted by Gasteiger charge is -2.24. The van der Waals surface area contributed by atoms with E-state index < -0.39 is 5.97 Å². The molecule has 0 radical (unpaired) electrons. The molecule has 0 bridgehead atoms. The van der Waals surface area contributed by atoms with Gasteiger partial charge in [-0.25, -0.2) is 0 Å². The van der Waals surface area contributed by atoms with Crippen molar-refractivity contribution in [3.8, 4) is 0 Å². The number of hydrogen-bond acceptors (Lipinski definition) is 2. The van der Waals surface area contributed by atoms with Gasteiger partial charge in [0, 0.05) is 11.3 Å². The maximum absolute atomic E-state index is 11.2. The first-order valence-electron chi connectivity index (χ1n) is 8.48. The minimum absolute atomic E-state index is 0.114. The Morgan fingerprint density at radius 1 is 1.39 bits per heavy atom. The molecule has 1 aromatic heterocycles. The van der Waals surface area contributed by atoms with Crippen LogP contribution in [0.15, 0.2) is 30.3 Å². The van der Waals surface area contributed by atoms with Crippen molar-refractivity contribution in [2.45, 2.75) is 57.9 Å². The number of aliphatic carboxylic acids is 1. The zero-order valence-corrected chi connectivity index (χ0v) is 13.8. The molecule has 0 spiro atoms. The van der Waals surface area contributed by atoms with E-state index in [1.807, 2.05) is 6.07 Å². The normalized spacial score (nSPS) is 18.4. The van der Waals surface area contributed by atoms with Crippen LogP contribution >= 0.6 is 0 Å². The van der Waals surface area contributed by atoms with Crippen molar-refractivity contribution >= 4 is 5.97 Å². The van der Waals surface area contributed by atoms with Crippen LogP contribution < -0.4 is 0 Å². The number of carboxylic acids is 1. The van der Waals surface area contributed by atoms with E-state index in [1.165, 1.54) is 16.8 Å². The van der Waals surface area contributed by atoms with Gasteiger partial charge in [-0.3, -0.25) is 9.48 Å². The van der Waals surface area contributed by atoms with Crippen molar-refractivity contribution in [2.75, 3.05) is 0 Å². The van der Waals surface area contributed by atoms with Gasteiger partial charge < -0.3 is 5.11 Å². The van der Waals surface area contributed by atoms with E-state index in [4.69, 9.17) is 5.10 Å². The number of carboxylic acid groups (broad SMARTS) is 1. The molecule has 23 heavy (non-hydrogen) atoms. The number of aryl methyl sites for hydroxylation is 1. The summed E-state index contributed by atoms with van der Waals surface area (Å²) < 4.78 is 2.14. The van der Waals surface area contributed by atoms with E-state index in [1.54, 1.807) is 0 Å². The first kappa shape index (κ1) is 15.8. The molecule has 2 aromatic rings. The van der Waals surface area contributed by atoms with Crippen molar-refractivity contribution < 1.29 is 9.90 Å². The lowest BCUT2D eigenvalue weighted by molar-refractivity contribution is -0.137. The van der Waals surface area contributed by atoms with Crippen LogP contribution in [0.2, 0.25) is 0 Å². The Morgan fingerprint density at radius 2 is 2.13 bits per heavy atom. The zero-order valence-electron chi connectivity index (χ0n) is 13.8. The lowest BCUT2D eigenvalue weighted by Crippen LogP contribution is -2.18. The molecule has 0 saturated heterocycles. The summed E-state index contributed by atoms with van der Waals surface area (Å²) in [4.78, 5) is 11.2. The lowest BCUT2D eigenvalue weighted by atomic mass is 9.82. The molecule has 1 aliphatic carbocycles. The zero-order chi connectivity index (χ0) is 16.4. The van der Waals surface area contributed by atoms with Crippen LogP contribution in [0.3, 0.4) is 0 Å². The van der Waals surface area contributed by atoms with Gasteiger partial charge in [-0.15, -0.1) is 0 Å². The van der Waals surface area contributed by atoms with Crippen LogP contribution in [0.4, 0.5) is 0 Å². The van der Waals surface area contributed by atoms with E-state index in [9.17, 15) is 9.90 Å². The first-order chi connectivity index (χ1) is 11.1. The molecule has 3 rings (SSSR count). The molecule has 1 N–H and O–H groups in total. The monoisotopic (exact) mass is 312 g/mol. The molecule has 2 unspecified atom stereocenters. The van der Waals surface area contributed by atoms with Crippen molar-refractivity contribution in [2.24, 2.45) is 0 Å². The van der Waals surface area contributed by atoms with Crippen LogP contribution in [0.1, 0.15) is 67.6 Å². The van der Waals surface area contributed by atoms with Gasteiger partial charge in [0.05, 0.1) is 18.2 Å². The number of nitrogens with zero attached hydrogens (tertiary/aromatic N) is 2. The fraction of sp³-hybridized carbons (Fsp3) is 0.474. The summed E-state index contributed by atoms with van der Waals surface area (Å²) in [6.45, 7) is 4.27. The van der Waals surface area contributed by atoms with E-state index in [2.05, 4.69) is 42.8 Å². The molecule has 122 valence electrons. The second-order valence-corrected chi connectivity index (χ2v) is 6.38. The van der Waals surface area contributed by atoms with Crippen molar-refractivity contribution in [1.29, 1.82) is 0 Å². The van der Waals surface area contributed by atoms with Crippen LogP contribution in [0.25, 0.3) is 0 Å². The third kappa shape index (κ3) is 3.03. The molecular weight excluding hydrogens is 288 g/mol. The van der Waals surface area contributed by atoms with Gasteiger partial charge in [-0.05, 0) is 44.1 Å². The molecule has 4 nitrogen and oxygen atoms in total. The molecule has 1 heterocycles. The number of hydrogen-bond donors (Lipinski definition) is 1. The van der Waals surface area contributed by atoms with Gasteiger partial charge in [0.2, 0.25) is 0 Å². The average molecular weight is 312 g/mol. The van der Waals surface area contributed by atoms with E-state index in [0.717, 1.165) is 31.4 Å².